The molecule has 2 nitrogen and oxygen atoms in total. The fraction of sp³-hybridized carbons (Fsp3) is 0.125. The van der Waals surface area contributed by atoms with E-state index in [0.29, 0.717) is 11.3 Å². The van der Waals surface area contributed by atoms with Crippen molar-refractivity contribution in [3.63, 3.8) is 0 Å². The number of benzene rings is 1. The van der Waals surface area contributed by atoms with Crippen molar-refractivity contribution in [3.05, 3.63) is 23.8 Å². The molecule has 0 aromatic heterocycles. The number of hydrogen-bond donors (Lipinski definition) is 0. The third-order valence-corrected chi connectivity index (χ3v) is 1.89. The summed E-state index contributed by atoms with van der Waals surface area (Å²) in [4.78, 5) is 0. The quantitative estimate of drug-likeness (QED) is 0.623. The summed E-state index contributed by atoms with van der Waals surface area (Å²) in [6.07, 6.45) is 0. The second-order valence-electron chi connectivity index (χ2n) is 2.00. The van der Waals surface area contributed by atoms with Gasteiger partial charge in [0, 0.05) is 0 Å². The van der Waals surface area contributed by atoms with E-state index in [1.54, 1.807) is 13.2 Å². The van der Waals surface area contributed by atoms with Crippen molar-refractivity contribution in [2.75, 3.05) is 7.11 Å². The second-order valence-corrected chi connectivity index (χ2v) is 3.08. The molecule has 0 spiro atoms. The Bertz CT molecular complexity index is 303. The Morgan fingerprint density at radius 3 is 2.82 bits per heavy atom. The van der Waals surface area contributed by atoms with Gasteiger partial charge in [0.25, 0.3) is 0 Å². The fourth-order valence-electron chi connectivity index (χ4n) is 0.772. The van der Waals surface area contributed by atoms with Crippen LogP contribution in [0, 0.1) is 11.3 Å². The summed E-state index contributed by atoms with van der Waals surface area (Å²) in [5.41, 5.74) is 0.572. The first-order chi connectivity index (χ1) is 5.27. The average Bonchev–Trinajstić information content (AvgIpc) is 2.04. The van der Waals surface area contributed by atoms with Crippen molar-refractivity contribution in [1.82, 2.24) is 0 Å². The minimum atomic E-state index is 0.572. The first-order valence-corrected chi connectivity index (χ1v) is 3.99. The van der Waals surface area contributed by atoms with Crippen LogP contribution in [0.3, 0.4) is 0 Å². The van der Waals surface area contributed by atoms with Gasteiger partial charge in [0.1, 0.15) is 0 Å². The first kappa shape index (κ1) is 8.17. The van der Waals surface area contributed by atoms with E-state index in [0.717, 1.165) is 4.35 Å². The van der Waals surface area contributed by atoms with Crippen molar-refractivity contribution in [1.29, 1.82) is 5.26 Å². The Hall–Kier alpha value is -0.932. The number of rotatable bonds is 1. The van der Waals surface area contributed by atoms with Gasteiger partial charge in [-0.2, -0.15) is 0 Å². The molecule has 0 amide bonds. The standard InChI is InChI=1S/C8H6AsNO/c1-11-8-4-7(9)3-2-6(8)5-10/h2-4H,1H3. The SMILES string of the molecule is COc1cc([As])ccc1C#N. The van der Waals surface area contributed by atoms with Crippen LogP contribution in [0.25, 0.3) is 0 Å². The van der Waals surface area contributed by atoms with Crippen LogP contribution < -0.4 is 9.09 Å². The third kappa shape index (κ3) is 1.75. The number of ether oxygens (including phenoxy) is 1. The molecule has 3 heteroatoms. The van der Waals surface area contributed by atoms with Gasteiger partial charge in [-0.05, 0) is 0 Å². The summed E-state index contributed by atoms with van der Waals surface area (Å²) < 4.78 is 6.02. The zero-order valence-electron chi connectivity index (χ0n) is 6.03. The van der Waals surface area contributed by atoms with Gasteiger partial charge in [0.15, 0.2) is 0 Å². The molecule has 0 saturated heterocycles. The van der Waals surface area contributed by atoms with Crippen LogP contribution in [-0.4, -0.2) is 24.0 Å². The van der Waals surface area contributed by atoms with E-state index in [2.05, 4.69) is 16.9 Å². The van der Waals surface area contributed by atoms with Gasteiger partial charge in [0.05, 0.1) is 0 Å². The van der Waals surface area contributed by atoms with E-state index in [1.165, 1.54) is 0 Å². The monoisotopic (exact) mass is 207 g/mol. The Balaban J connectivity index is 3.19. The topological polar surface area (TPSA) is 33.0 Å². The molecule has 0 aliphatic heterocycles. The maximum absolute atomic E-state index is 8.61. The zero-order chi connectivity index (χ0) is 8.27. The number of nitrogens with zero attached hydrogens (tertiary/aromatic N) is 1. The Kier molecular flexibility index (Phi) is 2.57. The van der Waals surface area contributed by atoms with Crippen LogP contribution in [0.1, 0.15) is 5.56 Å². The molecule has 0 N–H and O–H groups in total. The molecular weight excluding hydrogens is 201 g/mol. The summed E-state index contributed by atoms with van der Waals surface area (Å²) in [5.74, 6) is 0.630. The van der Waals surface area contributed by atoms with Crippen molar-refractivity contribution < 1.29 is 4.74 Å². The molecule has 0 aliphatic rings. The molecular formula is C8H6AsNO. The summed E-state index contributed by atoms with van der Waals surface area (Å²) >= 11 is 2.40. The van der Waals surface area contributed by atoms with Crippen LogP contribution in [0.2, 0.25) is 0 Å². The third-order valence-electron chi connectivity index (χ3n) is 1.31. The summed E-state index contributed by atoms with van der Waals surface area (Å²) in [6.45, 7) is 0. The Morgan fingerprint density at radius 1 is 1.55 bits per heavy atom. The van der Waals surface area contributed by atoms with Gasteiger partial charge >= 0.3 is 73.9 Å². The van der Waals surface area contributed by atoms with Crippen LogP contribution in [0.5, 0.6) is 5.75 Å². The number of methoxy groups -OCH3 is 1. The number of nitriles is 1. The maximum atomic E-state index is 8.61. The fourth-order valence-corrected chi connectivity index (χ4v) is 1.17. The van der Waals surface area contributed by atoms with Crippen molar-refractivity contribution >= 4 is 21.2 Å². The second kappa shape index (κ2) is 3.46. The van der Waals surface area contributed by atoms with Crippen molar-refractivity contribution in [2.45, 2.75) is 0 Å². The molecule has 54 valence electrons. The van der Waals surface area contributed by atoms with E-state index in [9.17, 15) is 0 Å². The van der Waals surface area contributed by atoms with E-state index in [-0.39, 0.29) is 0 Å². The molecule has 0 saturated carbocycles. The van der Waals surface area contributed by atoms with Gasteiger partial charge < -0.3 is 0 Å². The van der Waals surface area contributed by atoms with E-state index in [4.69, 9.17) is 10.00 Å². The van der Waals surface area contributed by atoms with E-state index in [1.807, 2.05) is 18.2 Å². The normalized spacial score (nSPS) is 8.82. The summed E-state index contributed by atoms with van der Waals surface area (Å²) in [5, 5.41) is 8.61. The summed E-state index contributed by atoms with van der Waals surface area (Å²) in [7, 11) is 1.56. The van der Waals surface area contributed by atoms with Crippen LogP contribution in [-0.2, 0) is 0 Å². The van der Waals surface area contributed by atoms with Gasteiger partial charge in [0.2, 0.25) is 0 Å². The molecule has 1 rings (SSSR count). The Labute approximate surface area is 74.3 Å². The molecule has 1 aromatic carbocycles. The molecule has 0 fully saturated rings. The van der Waals surface area contributed by atoms with Gasteiger partial charge in [-0.3, -0.25) is 0 Å². The molecule has 0 bridgehead atoms. The van der Waals surface area contributed by atoms with Crippen molar-refractivity contribution in [2.24, 2.45) is 0 Å². The molecule has 2 radical (unpaired) electrons. The van der Waals surface area contributed by atoms with Crippen molar-refractivity contribution in [3.8, 4) is 11.8 Å². The van der Waals surface area contributed by atoms with Crippen LogP contribution in [0.15, 0.2) is 18.2 Å². The predicted molar refractivity (Wildman–Crippen MR) is 43.1 cm³/mol. The molecule has 0 atom stereocenters. The first-order valence-electron chi connectivity index (χ1n) is 3.05. The van der Waals surface area contributed by atoms with Crippen LogP contribution in [0.4, 0.5) is 0 Å². The average molecular weight is 207 g/mol. The van der Waals surface area contributed by atoms with Crippen LogP contribution >= 0.6 is 0 Å². The molecule has 0 heterocycles. The zero-order valence-corrected chi connectivity index (χ0v) is 7.91. The van der Waals surface area contributed by atoms with E-state index >= 15 is 0 Å². The summed E-state index contributed by atoms with van der Waals surface area (Å²) in [6, 6.07) is 7.46. The molecule has 0 aliphatic carbocycles. The van der Waals surface area contributed by atoms with Gasteiger partial charge in [-0.1, -0.05) is 0 Å². The Morgan fingerprint density at radius 2 is 2.27 bits per heavy atom. The molecule has 1 aromatic rings. The van der Waals surface area contributed by atoms with Gasteiger partial charge in [-0.25, -0.2) is 0 Å². The molecule has 0 unspecified atom stereocenters. The predicted octanol–water partition coefficient (Wildman–Crippen LogP) is 0.361. The number of hydrogen-bond acceptors (Lipinski definition) is 2. The minimum absolute atomic E-state index is 0.572. The molecule has 11 heavy (non-hydrogen) atoms. The van der Waals surface area contributed by atoms with Gasteiger partial charge in [-0.15, -0.1) is 0 Å². The van der Waals surface area contributed by atoms with E-state index < -0.39 is 0 Å².